The molecular formula is C10H9O2-. The normalized spacial score (nSPS) is 16.0. The van der Waals surface area contributed by atoms with Gasteiger partial charge >= 0.3 is 0 Å². The van der Waals surface area contributed by atoms with Gasteiger partial charge in [-0.25, -0.2) is 0 Å². The predicted octanol–water partition coefficient (Wildman–Crippen LogP) is 0.151. The van der Waals surface area contributed by atoms with Gasteiger partial charge in [0.15, 0.2) is 0 Å². The molecule has 12 heavy (non-hydrogen) atoms. The van der Waals surface area contributed by atoms with Crippen molar-refractivity contribution in [2.45, 2.75) is 12.8 Å². The van der Waals surface area contributed by atoms with Crippen LogP contribution in [0.1, 0.15) is 11.1 Å². The van der Waals surface area contributed by atoms with Gasteiger partial charge in [0.25, 0.3) is 0 Å². The monoisotopic (exact) mass is 161 g/mol. The average molecular weight is 161 g/mol. The Hall–Kier alpha value is -1.31. The van der Waals surface area contributed by atoms with Crippen LogP contribution in [-0.4, -0.2) is 5.97 Å². The Kier molecular flexibility index (Phi) is 1.61. The quantitative estimate of drug-likeness (QED) is 0.588. The van der Waals surface area contributed by atoms with E-state index < -0.39 is 5.97 Å². The van der Waals surface area contributed by atoms with Crippen LogP contribution in [0.4, 0.5) is 0 Å². The maximum Gasteiger partial charge on any atom is 0.0451 e. The molecule has 0 saturated carbocycles. The van der Waals surface area contributed by atoms with Crippen LogP contribution in [0.2, 0.25) is 0 Å². The lowest BCUT2D eigenvalue weighted by atomic mass is 10.1. The Morgan fingerprint density at radius 2 is 1.75 bits per heavy atom. The van der Waals surface area contributed by atoms with Gasteiger partial charge in [-0.2, -0.15) is 0 Å². The summed E-state index contributed by atoms with van der Waals surface area (Å²) in [6, 6.07) is 7.85. The van der Waals surface area contributed by atoms with Crippen molar-refractivity contribution in [1.29, 1.82) is 0 Å². The first kappa shape index (κ1) is 7.35. The average Bonchev–Trinajstić information content (AvgIpc) is 2.46. The third-order valence-electron chi connectivity index (χ3n) is 2.38. The summed E-state index contributed by atoms with van der Waals surface area (Å²) in [5.74, 6) is -1.23. The van der Waals surface area contributed by atoms with E-state index in [1.807, 2.05) is 24.3 Å². The van der Waals surface area contributed by atoms with Crippen molar-refractivity contribution in [3.8, 4) is 0 Å². The molecule has 0 spiro atoms. The second kappa shape index (κ2) is 2.63. The summed E-state index contributed by atoms with van der Waals surface area (Å²) in [4.78, 5) is 10.6. The minimum atomic E-state index is -0.925. The van der Waals surface area contributed by atoms with Gasteiger partial charge < -0.3 is 9.90 Å². The third-order valence-corrected chi connectivity index (χ3v) is 2.38. The van der Waals surface area contributed by atoms with Crippen molar-refractivity contribution in [3.63, 3.8) is 0 Å². The van der Waals surface area contributed by atoms with Gasteiger partial charge in [0.05, 0.1) is 0 Å². The Morgan fingerprint density at radius 1 is 1.25 bits per heavy atom. The Labute approximate surface area is 70.8 Å². The first-order valence-corrected chi connectivity index (χ1v) is 4.05. The third kappa shape index (κ3) is 1.09. The fraction of sp³-hybridized carbons (Fsp3) is 0.300. The van der Waals surface area contributed by atoms with Gasteiger partial charge in [0, 0.05) is 11.9 Å². The Bertz CT molecular complexity index is 292. The van der Waals surface area contributed by atoms with Gasteiger partial charge in [-0.15, -0.1) is 0 Å². The number of hydrogen-bond donors (Lipinski definition) is 0. The highest BCUT2D eigenvalue weighted by atomic mass is 16.4. The molecule has 0 fully saturated rings. The molecule has 1 aliphatic carbocycles. The number of benzene rings is 1. The van der Waals surface area contributed by atoms with Crippen molar-refractivity contribution in [1.82, 2.24) is 0 Å². The second-order valence-electron chi connectivity index (χ2n) is 3.19. The van der Waals surface area contributed by atoms with Crippen molar-refractivity contribution in [2.75, 3.05) is 0 Å². The molecule has 0 radical (unpaired) electrons. The van der Waals surface area contributed by atoms with Crippen molar-refractivity contribution in [3.05, 3.63) is 35.4 Å². The van der Waals surface area contributed by atoms with Crippen LogP contribution in [0, 0.1) is 5.92 Å². The number of carbonyl (C=O) groups excluding carboxylic acids is 1. The van der Waals surface area contributed by atoms with E-state index in [1.165, 1.54) is 0 Å². The SMILES string of the molecule is O=C([O-])C1Cc2ccccc2C1. The molecule has 0 aromatic heterocycles. The number of aliphatic carboxylic acids is 1. The number of rotatable bonds is 1. The van der Waals surface area contributed by atoms with E-state index in [9.17, 15) is 9.90 Å². The fourth-order valence-electron chi connectivity index (χ4n) is 1.73. The molecule has 1 aliphatic rings. The number of fused-ring (bicyclic) bond motifs is 1. The molecule has 2 heteroatoms. The molecule has 0 N–H and O–H groups in total. The minimum Gasteiger partial charge on any atom is -0.550 e. The Balaban J connectivity index is 2.27. The van der Waals surface area contributed by atoms with Crippen LogP contribution in [0.5, 0.6) is 0 Å². The lowest BCUT2D eigenvalue weighted by Gasteiger charge is -2.08. The predicted molar refractivity (Wildman–Crippen MR) is 42.3 cm³/mol. The lowest BCUT2D eigenvalue weighted by molar-refractivity contribution is -0.311. The zero-order valence-electron chi connectivity index (χ0n) is 6.62. The number of carboxylic acids is 1. The summed E-state index contributed by atoms with van der Waals surface area (Å²) in [5.41, 5.74) is 2.32. The fourth-order valence-corrected chi connectivity index (χ4v) is 1.73. The first-order valence-electron chi connectivity index (χ1n) is 4.05. The van der Waals surface area contributed by atoms with Gasteiger partial charge in [0.1, 0.15) is 0 Å². The minimum absolute atomic E-state index is 0.303. The van der Waals surface area contributed by atoms with Crippen LogP contribution in [0.3, 0.4) is 0 Å². The molecule has 0 amide bonds. The van der Waals surface area contributed by atoms with Crippen LogP contribution in [-0.2, 0) is 17.6 Å². The first-order chi connectivity index (χ1) is 5.77. The smallest absolute Gasteiger partial charge is 0.0451 e. The molecule has 2 nitrogen and oxygen atoms in total. The van der Waals surface area contributed by atoms with E-state index in [-0.39, 0.29) is 5.92 Å². The largest absolute Gasteiger partial charge is 0.550 e. The highest BCUT2D eigenvalue weighted by Gasteiger charge is 2.21. The maximum atomic E-state index is 10.6. The maximum absolute atomic E-state index is 10.6. The van der Waals surface area contributed by atoms with Gasteiger partial charge in [-0.05, 0) is 24.0 Å². The molecule has 0 bridgehead atoms. The molecule has 1 aromatic carbocycles. The molecule has 0 aliphatic heterocycles. The number of carbonyl (C=O) groups is 1. The van der Waals surface area contributed by atoms with E-state index in [0.717, 1.165) is 11.1 Å². The zero-order chi connectivity index (χ0) is 8.55. The van der Waals surface area contributed by atoms with Gasteiger partial charge in [-0.3, -0.25) is 0 Å². The Morgan fingerprint density at radius 3 is 2.17 bits per heavy atom. The second-order valence-corrected chi connectivity index (χ2v) is 3.19. The molecule has 1 aromatic rings. The topological polar surface area (TPSA) is 40.1 Å². The summed E-state index contributed by atoms with van der Waals surface area (Å²) in [6.07, 6.45) is 1.27. The number of hydrogen-bond acceptors (Lipinski definition) is 2. The number of carboxylic acid groups (broad SMARTS) is 1. The molecule has 2 rings (SSSR count). The molecule has 0 heterocycles. The molecular weight excluding hydrogens is 152 g/mol. The van der Waals surface area contributed by atoms with Crippen LogP contribution >= 0.6 is 0 Å². The molecule has 0 unspecified atom stereocenters. The van der Waals surface area contributed by atoms with Crippen molar-refractivity contribution >= 4 is 5.97 Å². The van der Waals surface area contributed by atoms with Gasteiger partial charge in [-0.1, -0.05) is 24.3 Å². The van der Waals surface area contributed by atoms with Crippen LogP contribution in [0.15, 0.2) is 24.3 Å². The van der Waals surface area contributed by atoms with E-state index >= 15 is 0 Å². The van der Waals surface area contributed by atoms with E-state index in [1.54, 1.807) is 0 Å². The van der Waals surface area contributed by atoms with Gasteiger partial charge in [0.2, 0.25) is 0 Å². The van der Waals surface area contributed by atoms with E-state index in [4.69, 9.17) is 0 Å². The highest BCUT2D eigenvalue weighted by molar-refractivity contribution is 5.70. The van der Waals surface area contributed by atoms with Crippen molar-refractivity contribution in [2.24, 2.45) is 5.92 Å². The van der Waals surface area contributed by atoms with Crippen LogP contribution in [0.25, 0.3) is 0 Å². The zero-order valence-corrected chi connectivity index (χ0v) is 6.62. The summed E-state index contributed by atoms with van der Waals surface area (Å²) < 4.78 is 0. The van der Waals surface area contributed by atoms with Crippen molar-refractivity contribution < 1.29 is 9.90 Å². The summed E-state index contributed by atoms with van der Waals surface area (Å²) in [7, 11) is 0. The summed E-state index contributed by atoms with van der Waals surface area (Å²) in [5, 5.41) is 10.6. The molecule has 0 atom stereocenters. The molecule has 62 valence electrons. The molecule has 0 saturated heterocycles. The lowest BCUT2D eigenvalue weighted by Crippen LogP contribution is -2.31. The summed E-state index contributed by atoms with van der Waals surface area (Å²) >= 11 is 0. The van der Waals surface area contributed by atoms with E-state index in [2.05, 4.69) is 0 Å². The van der Waals surface area contributed by atoms with Crippen LogP contribution < -0.4 is 5.11 Å². The van der Waals surface area contributed by atoms with E-state index in [0.29, 0.717) is 12.8 Å². The standard InChI is InChI=1S/C10H10O2/c11-10(12)9-5-7-3-1-2-4-8(7)6-9/h1-4,9H,5-6H2,(H,11,12)/p-1. The highest BCUT2D eigenvalue weighted by Crippen LogP contribution is 2.25. The summed E-state index contributed by atoms with van der Waals surface area (Å²) in [6.45, 7) is 0.